The fraction of sp³-hybridized carbons (Fsp3) is 1.00. The molecule has 98 valence electrons. The summed E-state index contributed by atoms with van der Waals surface area (Å²) in [6.45, 7) is 16.9. The third kappa shape index (κ3) is 3.79. The summed E-state index contributed by atoms with van der Waals surface area (Å²) >= 11 is 0. The Labute approximate surface area is 104 Å². The predicted molar refractivity (Wildman–Crippen MR) is 75.7 cm³/mol. The monoisotopic (exact) mass is 226 g/mol. The Kier molecular flexibility index (Phi) is 7.35. The summed E-state index contributed by atoms with van der Waals surface area (Å²) in [6.07, 6.45) is 6.70. The lowest BCUT2D eigenvalue weighted by molar-refractivity contribution is 0.0577. The van der Waals surface area contributed by atoms with E-state index in [-0.39, 0.29) is 0 Å². The van der Waals surface area contributed by atoms with Crippen molar-refractivity contribution in [3.8, 4) is 0 Å². The van der Waals surface area contributed by atoms with Gasteiger partial charge in [-0.25, -0.2) is 0 Å². The third-order valence-corrected chi connectivity index (χ3v) is 5.03. The van der Waals surface area contributed by atoms with Crippen molar-refractivity contribution in [3.05, 3.63) is 0 Å². The molecule has 0 saturated carbocycles. The van der Waals surface area contributed by atoms with Crippen LogP contribution < -0.4 is 0 Å². The molecule has 0 spiro atoms. The van der Waals surface area contributed by atoms with E-state index < -0.39 is 0 Å². The van der Waals surface area contributed by atoms with Gasteiger partial charge in [-0.2, -0.15) is 0 Å². The average Bonchev–Trinajstić information content (AvgIpc) is 2.29. The van der Waals surface area contributed by atoms with Crippen LogP contribution in [0.3, 0.4) is 0 Å². The van der Waals surface area contributed by atoms with Crippen molar-refractivity contribution in [2.24, 2.45) is 23.2 Å². The second-order valence-corrected chi connectivity index (χ2v) is 6.04. The van der Waals surface area contributed by atoms with E-state index in [1.54, 1.807) is 0 Å². The molecule has 0 aliphatic heterocycles. The standard InChI is InChI=1S/C16H34/c1-8-12-14(6)15(13(5)9-2)16(7,10-3)11-4/h13-15H,8-12H2,1-7H3. The molecule has 0 amide bonds. The van der Waals surface area contributed by atoms with Crippen molar-refractivity contribution in [3.63, 3.8) is 0 Å². The number of rotatable bonds is 8. The molecule has 0 saturated heterocycles. The average molecular weight is 226 g/mol. The summed E-state index contributed by atoms with van der Waals surface area (Å²) in [5, 5.41) is 0. The van der Waals surface area contributed by atoms with Crippen LogP contribution in [0.15, 0.2) is 0 Å². The lowest BCUT2D eigenvalue weighted by Gasteiger charge is -2.44. The van der Waals surface area contributed by atoms with Crippen LogP contribution >= 0.6 is 0 Å². The molecule has 0 aromatic carbocycles. The first kappa shape index (κ1) is 16.0. The second-order valence-electron chi connectivity index (χ2n) is 6.04. The molecule has 0 aromatic rings. The van der Waals surface area contributed by atoms with E-state index in [0.29, 0.717) is 5.41 Å². The van der Waals surface area contributed by atoms with Crippen LogP contribution in [0, 0.1) is 23.2 Å². The zero-order chi connectivity index (χ0) is 12.8. The molecular weight excluding hydrogens is 192 g/mol. The predicted octanol–water partition coefficient (Wildman–Crippen LogP) is 5.91. The summed E-state index contributed by atoms with van der Waals surface area (Å²) in [7, 11) is 0. The van der Waals surface area contributed by atoms with Crippen molar-refractivity contribution in [1.82, 2.24) is 0 Å². The molecule has 0 aliphatic rings. The lowest BCUT2D eigenvalue weighted by atomic mass is 9.62. The third-order valence-electron chi connectivity index (χ3n) is 5.03. The largest absolute Gasteiger partial charge is 0.0654 e. The van der Waals surface area contributed by atoms with E-state index in [1.165, 1.54) is 32.1 Å². The highest BCUT2D eigenvalue weighted by molar-refractivity contribution is 4.86. The maximum absolute atomic E-state index is 2.51. The van der Waals surface area contributed by atoms with Crippen molar-refractivity contribution in [2.45, 2.75) is 80.6 Å². The first-order valence-electron chi connectivity index (χ1n) is 7.46. The van der Waals surface area contributed by atoms with Gasteiger partial charge in [0.25, 0.3) is 0 Å². The van der Waals surface area contributed by atoms with Crippen LogP contribution in [0.25, 0.3) is 0 Å². The Balaban J connectivity index is 4.90. The van der Waals surface area contributed by atoms with Gasteiger partial charge in [0, 0.05) is 0 Å². The minimum absolute atomic E-state index is 0.546. The van der Waals surface area contributed by atoms with Gasteiger partial charge in [-0.05, 0) is 23.2 Å². The molecule has 0 N–H and O–H groups in total. The topological polar surface area (TPSA) is 0 Å². The molecule has 0 heterocycles. The highest BCUT2D eigenvalue weighted by atomic mass is 14.4. The Morgan fingerprint density at radius 1 is 0.875 bits per heavy atom. The van der Waals surface area contributed by atoms with Gasteiger partial charge in [0.2, 0.25) is 0 Å². The normalized spacial score (nSPS) is 18.2. The second kappa shape index (κ2) is 7.35. The zero-order valence-corrected chi connectivity index (χ0v) is 12.8. The first-order chi connectivity index (χ1) is 7.46. The molecule has 0 aliphatic carbocycles. The van der Waals surface area contributed by atoms with Crippen LogP contribution in [0.4, 0.5) is 0 Å². The summed E-state index contributed by atoms with van der Waals surface area (Å²) in [4.78, 5) is 0. The van der Waals surface area contributed by atoms with Gasteiger partial charge in [0.15, 0.2) is 0 Å². The molecule has 0 heteroatoms. The molecule has 0 fully saturated rings. The van der Waals surface area contributed by atoms with Crippen molar-refractivity contribution >= 4 is 0 Å². The van der Waals surface area contributed by atoms with Gasteiger partial charge in [-0.1, -0.05) is 80.6 Å². The van der Waals surface area contributed by atoms with Crippen LogP contribution in [0.2, 0.25) is 0 Å². The molecular formula is C16H34. The SMILES string of the molecule is CCCC(C)C(C(C)CC)C(C)(CC)CC. The fourth-order valence-corrected chi connectivity index (χ4v) is 3.54. The van der Waals surface area contributed by atoms with Crippen molar-refractivity contribution in [1.29, 1.82) is 0 Å². The molecule has 3 unspecified atom stereocenters. The van der Waals surface area contributed by atoms with Crippen molar-refractivity contribution in [2.75, 3.05) is 0 Å². The smallest absolute Gasteiger partial charge is 0.0298 e. The highest BCUT2D eigenvalue weighted by Crippen LogP contribution is 2.45. The molecule has 3 atom stereocenters. The Morgan fingerprint density at radius 3 is 1.69 bits per heavy atom. The van der Waals surface area contributed by atoms with Crippen molar-refractivity contribution < 1.29 is 0 Å². The lowest BCUT2D eigenvalue weighted by Crippen LogP contribution is -2.35. The van der Waals surface area contributed by atoms with Crippen LogP contribution in [-0.4, -0.2) is 0 Å². The molecule has 0 nitrogen and oxygen atoms in total. The molecule has 0 bridgehead atoms. The van der Waals surface area contributed by atoms with Gasteiger partial charge in [-0.3, -0.25) is 0 Å². The molecule has 0 radical (unpaired) electrons. The van der Waals surface area contributed by atoms with E-state index in [0.717, 1.165) is 17.8 Å². The zero-order valence-electron chi connectivity index (χ0n) is 12.8. The summed E-state index contributed by atoms with van der Waals surface area (Å²) < 4.78 is 0. The first-order valence-corrected chi connectivity index (χ1v) is 7.46. The van der Waals surface area contributed by atoms with E-state index in [9.17, 15) is 0 Å². The van der Waals surface area contributed by atoms with E-state index >= 15 is 0 Å². The Bertz CT molecular complexity index is 167. The van der Waals surface area contributed by atoms with Crippen LogP contribution in [0.1, 0.15) is 80.6 Å². The van der Waals surface area contributed by atoms with Crippen LogP contribution in [-0.2, 0) is 0 Å². The van der Waals surface area contributed by atoms with E-state index in [1.807, 2.05) is 0 Å². The highest BCUT2D eigenvalue weighted by Gasteiger charge is 2.37. The van der Waals surface area contributed by atoms with Gasteiger partial charge in [-0.15, -0.1) is 0 Å². The molecule has 0 rings (SSSR count). The summed E-state index contributed by atoms with van der Waals surface area (Å²) in [5.41, 5.74) is 0.546. The fourth-order valence-electron chi connectivity index (χ4n) is 3.54. The number of hydrogen-bond acceptors (Lipinski definition) is 0. The van der Waals surface area contributed by atoms with Gasteiger partial charge in [0.1, 0.15) is 0 Å². The maximum atomic E-state index is 2.51. The summed E-state index contributed by atoms with van der Waals surface area (Å²) in [6, 6.07) is 0. The minimum Gasteiger partial charge on any atom is -0.0654 e. The quantitative estimate of drug-likeness (QED) is 0.482. The van der Waals surface area contributed by atoms with Gasteiger partial charge in [0.05, 0.1) is 0 Å². The van der Waals surface area contributed by atoms with Gasteiger partial charge >= 0.3 is 0 Å². The minimum atomic E-state index is 0.546. The Hall–Kier alpha value is 0. The maximum Gasteiger partial charge on any atom is -0.0298 e. The van der Waals surface area contributed by atoms with E-state index in [2.05, 4.69) is 48.5 Å². The Morgan fingerprint density at radius 2 is 1.38 bits per heavy atom. The van der Waals surface area contributed by atoms with Crippen LogP contribution in [0.5, 0.6) is 0 Å². The van der Waals surface area contributed by atoms with Gasteiger partial charge < -0.3 is 0 Å². The molecule has 16 heavy (non-hydrogen) atoms. The van der Waals surface area contributed by atoms with E-state index in [4.69, 9.17) is 0 Å². The number of hydrogen-bond donors (Lipinski definition) is 0. The molecule has 0 aromatic heterocycles. The summed E-state index contributed by atoms with van der Waals surface area (Å²) in [5.74, 6) is 2.64.